The fraction of sp³-hybridized carbons (Fsp3) is 0.143. The summed E-state index contributed by atoms with van der Waals surface area (Å²) in [4.78, 5) is 0. The van der Waals surface area contributed by atoms with E-state index in [-0.39, 0.29) is 11.8 Å². The highest BCUT2D eigenvalue weighted by Crippen LogP contribution is 2.29. The number of aromatic hydroxyl groups is 1. The molecule has 0 bridgehead atoms. The minimum Gasteiger partial charge on any atom is -0.507 e. The zero-order valence-corrected chi connectivity index (χ0v) is 11.7. The minimum atomic E-state index is -0.511. The molecule has 2 aromatic rings. The van der Waals surface area contributed by atoms with E-state index in [1.54, 1.807) is 19.1 Å². The highest BCUT2D eigenvalue weighted by atomic mass is 79.9. The summed E-state index contributed by atoms with van der Waals surface area (Å²) in [5.41, 5.74) is 0.822. The lowest BCUT2D eigenvalue weighted by Crippen LogP contribution is -2.08. The van der Waals surface area contributed by atoms with E-state index >= 15 is 0 Å². The number of hydrogen-bond donors (Lipinski definition) is 2. The molecule has 2 nitrogen and oxygen atoms in total. The lowest BCUT2D eigenvalue weighted by atomic mass is 10.1. The number of benzene rings is 2. The standard InChI is InChI=1S/C14H12BrF2NO/c1-8(11-4-3-10(16)7-14(11)19)18-13-5-2-9(15)6-12(13)17/h2-8,18-19H,1H3. The molecule has 100 valence electrons. The zero-order chi connectivity index (χ0) is 14.0. The van der Waals surface area contributed by atoms with Gasteiger partial charge in [-0.05, 0) is 31.2 Å². The molecular weight excluding hydrogens is 316 g/mol. The molecule has 19 heavy (non-hydrogen) atoms. The van der Waals surface area contributed by atoms with E-state index in [4.69, 9.17) is 0 Å². The summed E-state index contributed by atoms with van der Waals surface area (Å²) < 4.78 is 27.2. The molecule has 0 aliphatic carbocycles. The van der Waals surface area contributed by atoms with Crippen molar-refractivity contribution in [3.05, 3.63) is 58.1 Å². The third-order valence-electron chi connectivity index (χ3n) is 2.76. The van der Waals surface area contributed by atoms with E-state index in [9.17, 15) is 13.9 Å². The number of anilines is 1. The van der Waals surface area contributed by atoms with Gasteiger partial charge in [-0.25, -0.2) is 8.78 Å². The molecule has 0 heterocycles. The molecule has 0 amide bonds. The summed E-state index contributed by atoms with van der Waals surface area (Å²) in [6.07, 6.45) is 0. The second-order valence-corrected chi connectivity index (χ2v) is 5.11. The number of phenols is 1. The van der Waals surface area contributed by atoms with Gasteiger partial charge in [0.2, 0.25) is 0 Å². The summed E-state index contributed by atoms with van der Waals surface area (Å²) in [5.74, 6) is -1.07. The Labute approximate surface area is 118 Å². The molecule has 0 aliphatic heterocycles. The van der Waals surface area contributed by atoms with Crippen molar-refractivity contribution in [2.24, 2.45) is 0 Å². The van der Waals surface area contributed by atoms with Crippen LogP contribution >= 0.6 is 15.9 Å². The Morgan fingerprint density at radius 1 is 1.16 bits per heavy atom. The molecule has 2 aromatic carbocycles. The number of rotatable bonds is 3. The average molecular weight is 328 g/mol. The van der Waals surface area contributed by atoms with Crippen molar-refractivity contribution in [1.29, 1.82) is 0 Å². The maximum atomic E-state index is 13.7. The minimum absolute atomic E-state index is 0.155. The van der Waals surface area contributed by atoms with E-state index < -0.39 is 11.6 Å². The Morgan fingerprint density at radius 2 is 1.89 bits per heavy atom. The molecular formula is C14H12BrF2NO. The maximum Gasteiger partial charge on any atom is 0.147 e. The molecule has 0 saturated heterocycles. The molecule has 1 atom stereocenters. The average Bonchev–Trinajstić information content (AvgIpc) is 2.32. The Morgan fingerprint density at radius 3 is 2.53 bits per heavy atom. The van der Waals surface area contributed by atoms with E-state index in [0.29, 0.717) is 15.7 Å². The summed E-state index contributed by atoms with van der Waals surface area (Å²) in [6.45, 7) is 1.76. The van der Waals surface area contributed by atoms with Crippen molar-refractivity contribution in [3.63, 3.8) is 0 Å². The molecule has 0 radical (unpaired) electrons. The second-order valence-electron chi connectivity index (χ2n) is 4.19. The van der Waals surface area contributed by atoms with Crippen molar-refractivity contribution in [2.45, 2.75) is 13.0 Å². The Kier molecular flexibility index (Phi) is 4.04. The number of phenolic OH excluding ortho intramolecular Hbond substituents is 1. The van der Waals surface area contributed by atoms with Crippen LogP contribution in [0.3, 0.4) is 0 Å². The predicted molar refractivity (Wildman–Crippen MR) is 74.2 cm³/mol. The maximum absolute atomic E-state index is 13.7. The third-order valence-corrected chi connectivity index (χ3v) is 3.26. The molecule has 0 fully saturated rings. The number of hydrogen-bond acceptors (Lipinski definition) is 2. The molecule has 0 spiro atoms. The molecule has 5 heteroatoms. The van der Waals surface area contributed by atoms with Crippen molar-refractivity contribution in [1.82, 2.24) is 0 Å². The Hall–Kier alpha value is -1.62. The Bertz CT molecular complexity index is 604. The SMILES string of the molecule is CC(Nc1ccc(Br)cc1F)c1ccc(F)cc1O. The van der Waals surface area contributed by atoms with Crippen LogP contribution in [0.5, 0.6) is 5.75 Å². The van der Waals surface area contributed by atoms with Gasteiger partial charge in [-0.2, -0.15) is 0 Å². The predicted octanol–water partition coefficient (Wildman–Crippen LogP) is 4.61. The lowest BCUT2D eigenvalue weighted by molar-refractivity contribution is 0.459. The molecule has 0 saturated carbocycles. The van der Waals surface area contributed by atoms with Gasteiger partial charge in [0.05, 0.1) is 11.7 Å². The van der Waals surface area contributed by atoms with Crippen LogP contribution in [0.4, 0.5) is 14.5 Å². The van der Waals surface area contributed by atoms with E-state index in [2.05, 4.69) is 21.2 Å². The van der Waals surface area contributed by atoms with Crippen molar-refractivity contribution in [3.8, 4) is 5.75 Å². The molecule has 1 unspecified atom stereocenters. The fourth-order valence-corrected chi connectivity index (χ4v) is 2.13. The number of nitrogens with one attached hydrogen (secondary N) is 1. The molecule has 0 aliphatic rings. The highest BCUT2D eigenvalue weighted by molar-refractivity contribution is 9.10. The summed E-state index contributed by atoms with van der Waals surface area (Å²) >= 11 is 3.18. The summed E-state index contributed by atoms with van der Waals surface area (Å²) in [6, 6.07) is 8.06. The monoisotopic (exact) mass is 327 g/mol. The van der Waals surface area contributed by atoms with Gasteiger partial charge in [0.15, 0.2) is 0 Å². The fourth-order valence-electron chi connectivity index (χ4n) is 1.80. The third kappa shape index (κ3) is 3.23. The second kappa shape index (κ2) is 5.57. The topological polar surface area (TPSA) is 32.3 Å². The van der Waals surface area contributed by atoms with Crippen molar-refractivity contribution < 1.29 is 13.9 Å². The Balaban J connectivity index is 2.23. The van der Waals surface area contributed by atoms with E-state index in [1.165, 1.54) is 18.2 Å². The quantitative estimate of drug-likeness (QED) is 0.863. The van der Waals surface area contributed by atoms with Gasteiger partial charge in [0.25, 0.3) is 0 Å². The lowest BCUT2D eigenvalue weighted by Gasteiger charge is -2.17. The van der Waals surface area contributed by atoms with Crippen LogP contribution in [0.2, 0.25) is 0 Å². The first kappa shape index (κ1) is 13.8. The van der Waals surface area contributed by atoms with Gasteiger partial charge in [-0.1, -0.05) is 22.0 Å². The van der Waals surface area contributed by atoms with Gasteiger partial charge < -0.3 is 10.4 Å². The normalized spacial score (nSPS) is 12.2. The van der Waals surface area contributed by atoms with Crippen molar-refractivity contribution >= 4 is 21.6 Å². The highest BCUT2D eigenvalue weighted by Gasteiger charge is 2.13. The molecule has 0 aromatic heterocycles. The molecule has 2 N–H and O–H groups in total. The van der Waals surface area contributed by atoms with Gasteiger partial charge >= 0.3 is 0 Å². The smallest absolute Gasteiger partial charge is 0.147 e. The van der Waals surface area contributed by atoms with Crippen LogP contribution in [-0.4, -0.2) is 5.11 Å². The first-order valence-electron chi connectivity index (χ1n) is 5.67. The van der Waals surface area contributed by atoms with Crippen molar-refractivity contribution in [2.75, 3.05) is 5.32 Å². The van der Waals surface area contributed by atoms with E-state index in [0.717, 1.165) is 6.07 Å². The summed E-state index contributed by atoms with van der Waals surface area (Å²) in [5, 5.41) is 12.6. The van der Waals surface area contributed by atoms with Crippen LogP contribution in [0, 0.1) is 11.6 Å². The van der Waals surface area contributed by atoms with Gasteiger partial charge in [-0.15, -0.1) is 0 Å². The van der Waals surface area contributed by atoms with Crippen LogP contribution in [0.15, 0.2) is 40.9 Å². The van der Waals surface area contributed by atoms with E-state index in [1.807, 2.05) is 0 Å². The largest absolute Gasteiger partial charge is 0.507 e. The first-order chi connectivity index (χ1) is 8.97. The summed E-state index contributed by atoms with van der Waals surface area (Å²) in [7, 11) is 0. The van der Waals surface area contributed by atoms with Gasteiger partial charge in [0.1, 0.15) is 17.4 Å². The van der Waals surface area contributed by atoms with Gasteiger partial charge in [0, 0.05) is 16.1 Å². The first-order valence-corrected chi connectivity index (χ1v) is 6.46. The van der Waals surface area contributed by atoms with Gasteiger partial charge in [-0.3, -0.25) is 0 Å². The van der Waals surface area contributed by atoms with Crippen LogP contribution < -0.4 is 5.32 Å². The van der Waals surface area contributed by atoms with Crippen LogP contribution in [-0.2, 0) is 0 Å². The number of halogens is 3. The van der Waals surface area contributed by atoms with Crippen LogP contribution in [0.1, 0.15) is 18.5 Å². The zero-order valence-electron chi connectivity index (χ0n) is 10.1. The molecule has 2 rings (SSSR count). The van der Waals surface area contributed by atoms with Crippen LogP contribution in [0.25, 0.3) is 0 Å².